The van der Waals surface area contributed by atoms with Crippen LogP contribution in [0.3, 0.4) is 0 Å². The number of piperidine rings is 1. The molecule has 0 unspecified atom stereocenters. The number of hydrogen-bond acceptors (Lipinski definition) is 5. The van der Waals surface area contributed by atoms with Gasteiger partial charge in [-0.15, -0.1) is 0 Å². The Bertz CT molecular complexity index is 896. The third-order valence-electron chi connectivity index (χ3n) is 5.26. The molecule has 1 saturated heterocycles. The quantitative estimate of drug-likeness (QED) is 0.736. The number of aromatic hydroxyl groups is 1. The number of likely N-dealkylation sites (tertiary alicyclic amines) is 1. The molecule has 1 aliphatic heterocycles. The summed E-state index contributed by atoms with van der Waals surface area (Å²) in [5.74, 6) is 2.36. The number of rotatable bonds is 4. The zero-order chi connectivity index (χ0) is 18.3. The average molecular weight is 374 g/mol. The van der Waals surface area contributed by atoms with E-state index in [2.05, 4.69) is 36.1 Å². The molecule has 4 rings (SSSR count). The van der Waals surface area contributed by atoms with Crippen LogP contribution in [0.2, 0.25) is 0 Å². The molecule has 2 aromatic heterocycles. The molecule has 0 aliphatic carbocycles. The monoisotopic (exact) mass is 373 g/mol. The predicted octanol–water partition coefficient (Wildman–Crippen LogP) is 2.16. The Hall–Kier alpha value is -2.12. The Kier molecular flexibility index (Phi) is 4.58. The highest BCUT2D eigenvalue weighted by Crippen LogP contribution is 2.36. The summed E-state index contributed by atoms with van der Waals surface area (Å²) in [5.41, 5.74) is 1.15. The predicted molar refractivity (Wildman–Crippen MR) is 101 cm³/mol. The molecule has 1 aliphatic rings. The number of thiazole rings is 1. The second kappa shape index (κ2) is 6.89. The number of nitrogens with one attached hydrogen (secondary N) is 1. The lowest BCUT2D eigenvalue weighted by atomic mass is 9.89. The van der Waals surface area contributed by atoms with Crippen LogP contribution < -0.4 is 9.64 Å². The van der Waals surface area contributed by atoms with Gasteiger partial charge >= 0.3 is 0 Å². The Morgan fingerprint density at radius 1 is 1.31 bits per heavy atom. The third kappa shape index (κ3) is 3.05. The first kappa shape index (κ1) is 17.3. The van der Waals surface area contributed by atoms with Crippen molar-refractivity contribution in [1.82, 2.24) is 14.6 Å². The molecule has 0 radical (unpaired) electrons. The third-order valence-corrected chi connectivity index (χ3v) is 6.36. The summed E-state index contributed by atoms with van der Waals surface area (Å²) >= 11 is 1.52. The summed E-state index contributed by atoms with van der Waals surface area (Å²) in [7, 11) is 1.69. The molecular formula is C19H25N4O2S+. The number of ether oxygens (including phenoxy) is 1. The van der Waals surface area contributed by atoms with Crippen LogP contribution in [-0.4, -0.2) is 39.9 Å². The smallest absolute Gasteiger partial charge is 0.235 e. The van der Waals surface area contributed by atoms with E-state index in [0.29, 0.717) is 11.8 Å². The summed E-state index contributed by atoms with van der Waals surface area (Å²) in [5, 5.41) is 15.0. The standard InChI is InChI=1S/C19H24N4O2S/c1-12-7-13(2)10-22(9-12)16(14-5-4-6-15(8-14)25-3)17-18(24)23-19(26-17)20-11-21-23/h4-6,8,11-13,16,24H,7,9-10H2,1-3H3/p+1/t12-,13-,16-/m0/s1. The minimum Gasteiger partial charge on any atom is -0.497 e. The van der Waals surface area contributed by atoms with Crippen LogP contribution in [0.4, 0.5) is 0 Å². The Morgan fingerprint density at radius 2 is 2.08 bits per heavy atom. The van der Waals surface area contributed by atoms with E-state index in [1.165, 1.54) is 33.5 Å². The van der Waals surface area contributed by atoms with Gasteiger partial charge in [0.05, 0.1) is 20.2 Å². The first-order valence-corrected chi connectivity index (χ1v) is 9.88. The maximum absolute atomic E-state index is 10.8. The topological polar surface area (TPSA) is 64.1 Å². The van der Waals surface area contributed by atoms with Crippen molar-refractivity contribution in [1.29, 1.82) is 0 Å². The summed E-state index contributed by atoms with van der Waals surface area (Å²) in [4.78, 5) is 7.38. The van der Waals surface area contributed by atoms with Crippen molar-refractivity contribution in [2.45, 2.75) is 26.3 Å². The first-order valence-electron chi connectivity index (χ1n) is 9.06. The van der Waals surface area contributed by atoms with Crippen molar-refractivity contribution >= 4 is 16.3 Å². The fraction of sp³-hybridized carbons (Fsp3) is 0.474. The molecule has 0 bridgehead atoms. The van der Waals surface area contributed by atoms with Gasteiger partial charge in [0.15, 0.2) is 6.04 Å². The summed E-state index contributed by atoms with van der Waals surface area (Å²) in [6.45, 7) is 6.81. The molecule has 1 fully saturated rings. The molecule has 0 saturated carbocycles. The van der Waals surface area contributed by atoms with Crippen LogP contribution in [0.1, 0.15) is 36.8 Å². The minimum atomic E-state index is 0.0452. The molecule has 3 heterocycles. The van der Waals surface area contributed by atoms with Crippen LogP contribution >= 0.6 is 11.3 Å². The van der Waals surface area contributed by atoms with E-state index >= 15 is 0 Å². The Labute approximate surface area is 157 Å². The summed E-state index contributed by atoms with van der Waals surface area (Å²) in [6, 6.07) is 8.23. The first-order chi connectivity index (χ1) is 12.6. The highest BCUT2D eigenvalue weighted by molar-refractivity contribution is 7.17. The van der Waals surface area contributed by atoms with E-state index in [0.717, 1.165) is 34.2 Å². The Balaban J connectivity index is 1.83. The van der Waals surface area contributed by atoms with Crippen molar-refractivity contribution in [3.63, 3.8) is 0 Å². The SMILES string of the molecule is COc1cccc([C@@H](c2sc3ncnn3c2O)[NH+]2C[C@@H](C)C[C@H](C)C2)c1. The molecule has 2 N–H and O–H groups in total. The lowest BCUT2D eigenvalue weighted by Crippen LogP contribution is -3.14. The normalized spacial score (nSPS) is 24.7. The van der Waals surface area contributed by atoms with Crippen LogP contribution in [0.5, 0.6) is 11.6 Å². The number of aromatic nitrogens is 3. The van der Waals surface area contributed by atoms with E-state index < -0.39 is 0 Å². The number of hydrogen-bond donors (Lipinski definition) is 2. The average Bonchev–Trinajstić information content (AvgIpc) is 3.19. The molecule has 138 valence electrons. The van der Waals surface area contributed by atoms with Gasteiger partial charge in [-0.05, 0) is 18.6 Å². The van der Waals surface area contributed by atoms with Crippen LogP contribution in [0.25, 0.3) is 4.96 Å². The molecule has 26 heavy (non-hydrogen) atoms. The molecule has 7 heteroatoms. The van der Waals surface area contributed by atoms with E-state index in [1.807, 2.05) is 12.1 Å². The summed E-state index contributed by atoms with van der Waals surface area (Å²) < 4.78 is 6.98. The number of nitrogens with zero attached hydrogens (tertiary/aromatic N) is 3. The van der Waals surface area contributed by atoms with Crippen LogP contribution in [0, 0.1) is 11.8 Å². The molecule has 3 atom stereocenters. The van der Waals surface area contributed by atoms with Crippen molar-refractivity contribution < 1.29 is 14.7 Å². The van der Waals surface area contributed by atoms with E-state index in [4.69, 9.17) is 4.74 Å². The van der Waals surface area contributed by atoms with Gasteiger partial charge in [-0.25, -0.2) is 4.98 Å². The molecular weight excluding hydrogens is 348 g/mol. The maximum Gasteiger partial charge on any atom is 0.235 e. The highest BCUT2D eigenvalue weighted by atomic mass is 32.1. The lowest BCUT2D eigenvalue weighted by Gasteiger charge is -2.37. The fourth-order valence-electron chi connectivity index (χ4n) is 4.34. The van der Waals surface area contributed by atoms with Crippen molar-refractivity contribution in [2.24, 2.45) is 11.8 Å². The van der Waals surface area contributed by atoms with E-state index in [9.17, 15) is 5.11 Å². The molecule has 1 aromatic carbocycles. The van der Waals surface area contributed by atoms with Crippen molar-refractivity contribution in [3.8, 4) is 11.6 Å². The van der Waals surface area contributed by atoms with Gasteiger partial charge in [0, 0.05) is 17.4 Å². The van der Waals surface area contributed by atoms with Gasteiger partial charge < -0.3 is 14.7 Å². The van der Waals surface area contributed by atoms with E-state index in [1.54, 1.807) is 7.11 Å². The fourth-order valence-corrected chi connectivity index (χ4v) is 5.46. The van der Waals surface area contributed by atoms with E-state index in [-0.39, 0.29) is 11.9 Å². The molecule has 0 spiro atoms. The summed E-state index contributed by atoms with van der Waals surface area (Å²) in [6.07, 6.45) is 2.74. The molecule has 3 aromatic rings. The van der Waals surface area contributed by atoms with Gasteiger partial charge in [-0.1, -0.05) is 37.3 Å². The van der Waals surface area contributed by atoms with Gasteiger partial charge in [0.2, 0.25) is 10.8 Å². The zero-order valence-electron chi connectivity index (χ0n) is 15.3. The van der Waals surface area contributed by atoms with Crippen LogP contribution in [-0.2, 0) is 0 Å². The second-order valence-electron chi connectivity index (χ2n) is 7.47. The van der Waals surface area contributed by atoms with Crippen molar-refractivity contribution in [3.05, 3.63) is 41.0 Å². The van der Waals surface area contributed by atoms with Crippen LogP contribution in [0.15, 0.2) is 30.6 Å². The number of quaternary nitrogens is 1. The largest absolute Gasteiger partial charge is 0.497 e. The Morgan fingerprint density at radius 3 is 2.77 bits per heavy atom. The highest BCUT2D eigenvalue weighted by Gasteiger charge is 2.37. The lowest BCUT2D eigenvalue weighted by molar-refractivity contribution is -0.936. The number of fused-ring (bicyclic) bond motifs is 1. The minimum absolute atomic E-state index is 0.0452. The van der Waals surface area contributed by atoms with Gasteiger partial charge in [0.25, 0.3) is 0 Å². The number of methoxy groups -OCH3 is 1. The zero-order valence-corrected chi connectivity index (χ0v) is 16.2. The van der Waals surface area contributed by atoms with Gasteiger partial charge in [-0.3, -0.25) is 0 Å². The van der Waals surface area contributed by atoms with Gasteiger partial charge in [0.1, 0.15) is 17.0 Å². The van der Waals surface area contributed by atoms with Gasteiger partial charge in [-0.2, -0.15) is 9.61 Å². The molecule has 6 nitrogen and oxygen atoms in total. The molecule has 0 amide bonds. The second-order valence-corrected chi connectivity index (χ2v) is 8.48. The van der Waals surface area contributed by atoms with Crippen molar-refractivity contribution in [2.75, 3.05) is 20.2 Å². The maximum atomic E-state index is 10.8. The number of benzene rings is 1.